The third-order valence-corrected chi connectivity index (χ3v) is 7.80. The van der Waals surface area contributed by atoms with Crippen LogP contribution in [0.2, 0.25) is 0 Å². The number of esters is 1. The van der Waals surface area contributed by atoms with Gasteiger partial charge in [0.2, 0.25) is 6.79 Å². The molecule has 0 heterocycles. The predicted octanol–water partition coefficient (Wildman–Crippen LogP) is 3.74. The smallest absolute Gasteiger partial charge is 0.412 e. The Bertz CT molecular complexity index is 936. The molecule has 1 fully saturated rings. The number of amides is 1. The van der Waals surface area contributed by atoms with Gasteiger partial charge in [-0.05, 0) is 49.3 Å². The van der Waals surface area contributed by atoms with Crippen molar-refractivity contribution in [1.29, 1.82) is 0 Å². The van der Waals surface area contributed by atoms with Crippen LogP contribution in [-0.2, 0) is 36.8 Å². The number of carbonyl (C=O) groups excluding carboxylic acids is 3. The standard InChI is InChI=1S/C29H43NO8S/c1-4-30(5-2)29(35)38-20-37-28(34)10-7-14-39-15-13-25-24(26(32)18-27(25)33)12-11-23(31)17-21-8-6-9-22(16-21)19-36-3/h6,8-9,11-12,16,23-26,31-32H,4-5,7,10,13-15,17-20H2,1-3H3/t23-,24-,25-,26-/m1/s1. The van der Waals surface area contributed by atoms with Gasteiger partial charge in [0.05, 0.1) is 18.8 Å². The van der Waals surface area contributed by atoms with Gasteiger partial charge in [-0.15, -0.1) is 0 Å². The van der Waals surface area contributed by atoms with Gasteiger partial charge in [0.15, 0.2) is 0 Å². The van der Waals surface area contributed by atoms with Gasteiger partial charge >= 0.3 is 12.1 Å². The molecule has 4 atom stereocenters. The molecule has 218 valence electrons. The van der Waals surface area contributed by atoms with Crippen molar-refractivity contribution in [2.24, 2.45) is 11.8 Å². The van der Waals surface area contributed by atoms with E-state index in [9.17, 15) is 24.6 Å². The average molecular weight is 566 g/mol. The Kier molecular flexibility index (Phi) is 15.2. The molecule has 0 unspecified atom stereocenters. The summed E-state index contributed by atoms with van der Waals surface area (Å²) >= 11 is 1.64. The molecule has 1 aliphatic rings. The molecule has 0 spiro atoms. The van der Waals surface area contributed by atoms with E-state index in [1.807, 2.05) is 38.1 Å². The summed E-state index contributed by atoms with van der Waals surface area (Å²) in [4.78, 5) is 37.5. The van der Waals surface area contributed by atoms with Gasteiger partial charge in [-0.1, -0.05) is 36.4 Å². The molecule has 0 aromatic heterocycles. The Morgan fingerprint density at radius 2 is 1.92 bits per heavy atom. The highest BCUT2D eigenvalue weighted by molar-refractivity contribution is 7.99. The molecular formula is C29H43NO8S. The normalized spacial score (nSPS) is 19.8. The molecule has 0 saturated heterocycles. The second kappa shape index (κ2) is 18.0. The van der Waals surface area contributed by atoms with Crippen LogP contribution >= 0.6 is 11.8 Å². The maximum Gasteiger partial charge on any atom is 0.412 e. The van der Waals surface area contributed by atoms with Crippen LogP contribution in [-0.4, -0.2) is 83.7 Å². The van der Waals surface area contributed by atoms with Crippen molar-refractivity contribution < 1.29 is 38.8 Å². The van der Waals surface area contributed by atoms with Gasteiger partial charge in [0.25, 0.3) is 0 Å². The van der Waals surface area contributed by atoms with Crippen LogP contribution in [0.25, 0.3) is 0 Å². The minimum atomic E-state index is -0.744. The minimum absolute atomic E-state index is 0.0438. The first-order valence-corrected chi connectivity index (χ1v) is 14.7. The maximum absolute atomic E-state index is 12.5. The molecule has 1 aromatic rings. The summed E-state index contributed by atoms with van der Waals surface area (Å²) in [5.74, 6) is 0.458. The van der Waals surface area contributed by atoms with Crippen molar-refractivity contribution in [2.75, 3.05) is 38.5 Å². The largest absolute Gasteiger partial charge is 0.428 e. The molecule has 9 nitrogen and oxygen atoms in total. The molecule has 0 bridgehead atoms. The Hall–Kier alpha value is -2.40. The molecule has 1 aromatic carbocycles. The first-order valence-electron chi connectivity index (χ1n) is 13.6. The van der Waals surface area contributed by atoms with Gasteiger partial charge in [-0.2, -0.15) is 11.8 Å². The number of aliphatic hydroxyl groups is 2. The number of ether oxygens (including phenoxy) is 3. The molecule has 2 rings (SSSR count). The van der Waals surface area contributed by atoms with Gasteiger partial charge in [0.1, 0.15) is 5.78 Å². The summed E-state index contributed by atoms with van der Waals surface area (Å²) in [7, 11) is 1.64. The molecule has 1 saturated carbocycles. The van der Waals surface area contributed by atoms with Crippen LogP contribution in [0.1, 0.15) is 50.7 Å². The third-order valence-electron chi connectivity index (χ3n) is 6.70. The predicted molar refractivity (Wildman–Crippen MR) is 150 cm³/mol. The fourth-order valence-corrected chi connectivity index (χ4v) is 5.57. The first kappa shape index (κ1) is 32.8. The molecule has 0 aliphatic heterocycles. The highest BCUT2D eigenvalue weighted by atomic mass is 32.2. The minimum Gasteiger partial charge on any atom is -0.428 e. The van der Waals surface area contributed by atoms with E-state index in [0.717, 1.165) is 22.6 Å². The number of hydrogen-bond acceptors (Lipinski definition) is 9. The quantitative estimate of drug-likeness (QED) is 0.126. The SMILES string of the molecule is CCN(CC)C(=O)OCOC(=O)CCCSCC[C@H]1C(=O)C[C@@H](O)[C@@H]1C=C[C@@H](O)Cc1cccc(COC)c1. The summed E-state index contributed by atoms with van der Waals surface area (Å²) in [6.45, 7) is 4.84. The Morgan fingerprint density at radius 3 is 2.64 bits per heavy atom. The van der Waals surface area contributed by atoms with Crippen LogP contribution in [0.5, 0.6) is 0 Å². The van der Waals surface area contributed by atoms with Crippen molar-refractivity contribution in [3.05, 3.63) is 47.5 Å². The molecule has 10 heteroatoms. The van der Waals surface area contributed by atoms with Crippen molar-refractivity contribution in [3.63, 3.8) is 0 Å². The molecule has 1 aliphatic carbocycles. The lowest BCUT2D eigenvalue weighted by molar-refractivity contribution is -0.152. The average Bonchev–Trinajstić information content (AvgIpc) is 3.17. The van der Waals surface area contributed by atoms with Gasteiger partial charge in [-0.25, -0.2) is 4.79 Å². The van der Waals surface area contributed by atoms with Crippen molar-refractivity contribution in [1.82, 2.24) is 4.90 Å². The van der Waals surface area contributed by atoms with Crippen molar-refractivity contribution in [2.45, 2.75) is 64.8 Å². The number of aliphatic hydroxyl groups excluding tert-OH is 2. The van der Waals surface area contributed by atoms with E-state index in [1.54, 1.807) is 31.0 Å². The molecule has 0 radical (unpaired) electrons. The summed E-state index contributed by atoms with van der Waals surface area (Å²) in [5, 5.41) is 20.9. The number of methoxy groups -OCH3 is 1. The van der Waals surface area contributed by atoms with Gasteiger partial charge < -0.3 is 29.3 Å². The lowest BCUT2D eigenvalue weighted by atomic mass is 9.91. The van der Waals surface area contributed by atoms with Crippen LogP contribution < -0.4 is 0 Å². The monoisotopic (exact) mass is 565 g/mol. The number of rotatable bonds is 17. The van der Waals surface area contributed by atoms with Crippen LogP contribution in [0, 0.1) is 11.8 Å². The van der Waals surface area contributed by atoms with E-state index in [1.165, 1.54) is 4.90 Å². The summed E-state index contributed by atoms with van der Waals surface area (Å²) in [6, 6.07) is 7.85. The van der Waals surface area contributed by atoms with E-state index in [-0.39, 0.29) is 30.5 Å². The molecular weight excluding hydrogens is 522 g/mol. The number of benzene rings is 1. The maximum atomic E-state index is 12.5. The number of thioether (sulfide) groups is 1. The fraction of sp³-hybridized carbons (Fsp3) is 0.621. The zero-order valence-electron chi connectivity index (χ0n) is 23.3. The molecule has 1 amide bonds. The number of ketones is 1. The first-order chi connectivity index (χ1) is 18.8. The number of carbonyl (C=O) groups is 3. The number of nitrogens with zero attached hydrogens (tertiary/aromatic N) is 1. The number of hydrogen-bond donors (Lipinski definition) is 2. The Balaban J connectivity index is 1.68. The van der Waals surface area contributed by atoms with Crippen LogP contribution in [0.15, 0.2) is 36.4 Å². The second-order valence-corrected chi connectivity index (χ2v) is 10.8. The summed E-state index contributed by atoms with van der Waals surface area (Å²) < 4.78 is 15.0. The van der Waals surface area contributed by atoms with Crippen molar-refractivity contribution >= 4 is 29.6 Å². The van der Waals surface area contributed by atoms with Crippen molar-refractivity contribution in [3.8, 4) is 0 Å². The van der Waals surface area contributed by atoms with E-state index >= 15 is 0 Å². The second-order valence-electron chi connectivity index (χ2n) is 9.55. The van der Waals surface area contributed by atoms with Gasteiger partial charge in [0, 0.05) is 51.3 Å². The number of Topliss-reactive ketones (excluding diaryl/α,β-unsaturated/α-hetero) is 1. The zero-order valence-corrected chi connectivity index (χ0v) is 24.1. The highest BCUT2D eigenvalue weighted by Gasteiger charge is 2.39. The lowest BCUT2D eigenvalue weighted by Gasteiger charge is -2.18. The molecule has 39 heavy (non-hydrogen) atoms. The Morgan fingerprint density at radius 1 is 1.18 bits per heavy atom. The summed E-state index contributed by atoms with van der Waals surface area (Å²) in [5.41, 5.74) is 2.02. The molecule has 2 N–H and O–H groups in total. The third kappa shape index (κ3) is 11.7. The van der Waals surface area contributed by atoms with E-state index in [2.05, 4.69) is 0 Å². The van der Waals surface area contributed by atoms with Gasteiger partial charge in [-0.3, -0.25) is 9.59 Å². The Labute approximate surface area is 235 Å². The van der Waals surface area contributed by atoms with Crippen LogP contribution in [0.3, 0.4) is 0 Å². The fourth-order valence-electron chi connectivity index (χ4n) is 4.59. The lowest BCUT2D eigenvalue weighted by Crippen LogP contribution is -2.31. The summed E-state index contributed by atoms with van der Waals surface area (Å²) in [6.07, 6.45) is 3.51. The van der Waals surface area contributed by atoms with E-state index < -0.39 is 31.1 Å². The topological polar surface area (TPSA) is 123 Å². The van der Waals surface area contributed by atoms with E-state index in [0.29, 0.717) is 39.0 Å². The van der Waals surface area contributed by atoms with Crippen LogP contribution in [0.4, 0.5) is 4.79 Å². The highest BCUT2D eigenvalue weighted by Crippen LogP contribution is 2.34. The van der Waals surface area contributed by atoms with E-state index in [4.69, 9.17) is 14.2 Å². The zero-order chi connectivity index (χ0) is 28.6.